The number of nitrogens with zero attached hydrogens (tertiary/aromatic N) is 1. The number of amides is 2. The van der Waals surface area contributed by atoms with Crippen molar-refractivity contribution in [1.82, 2.24) is 5.32 Å². The van der Waals surface area contributed by atoms with Crippen molar-refractivity contribution in [2.45, 2.75) is 30.6 Å². The lowest BCUT2D eigenvalue weighted by Crippen LogP contribution is -2.28. The molecule has 0 bridgehead atoms. The van der Waals surface area contributed by atoms with E-state index in [1.54, 1.807) is 0 Å². The van der Waals surface area contributed by atoms with E-state index in [0.717, 1.165) is 25.1 Å². The molecule has 0 unspecified atom stereocenters. The summed E-state index contributed by atoms with van der Waals surface area (Å²) in [5, 5.41) is 5.68. The number of thioether (sulfide) groups is 1. The fourth-order valence-electron chi connectivity index (χ4n) is 2.49. The van der Waals surface area contributed by atoms with Crippen molar-refractivity contribution in [3.63, 3.8) is 0 Å². The summed E-state index contributed by atoms with van der Waals surface area (Å²) in [6, 6.07) is 9.21. The molecule has 0 aromatic heterocycles. The number of carbonyl (C=O) groups is 2. The van der Waals surface area contributed by atoms with Crippen molar-refractivity contribution < 1.29 is 14.3 Å². The van der Waals surface area contributed by atoms with E-state index in [1.165, 1.54) is 11.8 Å². The molecule has 23 heavy (non-hydrogen) atoms. The van der Waals surface area contributed by atoms with Crippen LogP contribution in [0.25, 0.3) is 0 Å². The molecule has 0 spiro atoms. The highest BCUT2D eigenvalue weighted by molar-refractivity contribution is 8.15. The summed E-state index contributed by atoms with van der Waals surface area (Å²) >= 11 is 1.31. The van der Waals surface area contributed by atoms with Crippen molar-refractivity contribution in [3.05, 3.63) is 30.3 Å². The number of para-hydroxylation sites is 1. The Morgan fingerprint density at radius 3 is 2.96 bits per heavy atom. The van der Waals surface area contributed by atoms with Gasteiger partial charge in [0.25, 0.3) is 0 Å². The lowest BCUT2D eigenvalue weighted by atomic mass is 10.2. The second-order valence-electron chi connectivity index (χ2n) is 5.49. The first kappa shape index (κ1) is 16.0. The largest absolute Gasteiger partial charge is 0.376 e. The Balaban J connectivity index is 1.49. The van der Waals surface area contributed by atoms with Crippen LogP contribution >= 0.6 is 11.8 Å². The third kappa shape index (κ3) is 4.56. The number of anilines is 1. The number of rotatable bonds is 5. The molecule has 0 saturated carbocycles. The van der Waals surface area contributed by atoms with E-state index in [2.05, 4.69) is 15.6 Å². The van der Waals surface area contributed by atoms with Gasteiger partial charge in [0.05, 0.1) is 12.6 Å². The van der Waals surface area contributed by atoms with Crippen LogP contribution in [0.3, 0.4) is 0 Å². The highest BCUT2D eigenvalue weighted by Gasteiger charge is 2.32. The number of ether oxygens (including phenoxy) is 1. The molecule has 2 atom stereocenters. The molecule has 2 aliphatic rings. The topological polar surface area (TPSA) is 79.8 Å². The van der Waals surface area contributed by atoms with Gasteiger partial charge >= 0.3 is 0 Å². The molecule has 0 radical (unpaired) electrons. The number of carbonyl (C=O) groups excluding carboxylic acids is 2. The monoisotopic (exact) mass is 333 g/mol. The Hall–Kier alpha value is -1.86. The number of nitrogens with one attached hydrogen (secondary N) is 2. The second kappa shape index (κ2) is 7.61. The molecule has 2 amide bonds. The first-order valence-corrected chi connectivity index (χ1v) is 8.57. The predicted octanol–water partition coefficient (Wildman–Crippen LogP) is 1.78. The summed E-state index contributed by atoms with van der Waals surface area (Å²) in [6.45, 7) is 1.35. The minimum absolute atomic E-state index is 0.129. The van der Waals surface area contributed by atoms with Crippen LogP contribution < -0.4 is 10.6 Å². The Morgan fingerprint density at radius 1 is 1.39 bits per heavy atom. The highest BCUT2D eigenvalue weighted by atomic mass is 32.2. The van der Waals surface area contributed by atoms with Gasteiger partial charge in [-0.2, -0.15) is 0 Å². The molecule has 7 heteroatoms. The third-order valence-corrected chi connectivity index (χ3v) is 4.79. The van der Waals surface area contributed by atoms with E-state index >= 15 is 0 Å². The molecule has 2 N–H and O–H groups in total. The highest BCUT2D eigenvalue weighted by Crippen LogP contribution is 2.23. The Kier molecular flexibility index (Phi) is 5.30. The van der Waals surface area contributed by atoms with Gasteiger partial charge in [-0.3, -0.25) is 14.6 Å². The quantitative estimate of drug-likeness (QED) is 0.861. The van der Waals surface area contributed by atoms with Crippen molar-refractivity contribution in [2.75, 3.05) is 18.5 Å². The molecule has 2 saturated heterocycles. The summed E-state index contributed by atoms with van der Waals surface area (Å²) in [5.74, 6) is -0.339. The maximum absolute atomic E-state index is 12.0. The van der Waals surface area contributed by atoms with Crippen molar-refractivity contribution in [3.8, 4) is 0 Å². The number of benzene rings is 1. The standard InChI is InChI=1S/C16H19N3O3S/c20-14(18-11-5-2-1-3-6-11)9-13-15(21)19-16(23-13)17-10-12-7-4-8-22-12/h1-3,5-6,12-13H,4,7-10H2,(H,18,20)(H,17,19,21)/t12-,13-/m1/s1. The van der Waals surface area contributed by atoms with Gasteiger partial charge in [0.15, 0.2) is 5.17 Å². The summed E-state index contributed by atoms with van der Waals surface area (Å²) in [5.41, 5.74) is 0.730. The van der Waals surface area contributed by atoms with Gasteiger partial charge in [-0.05, 0) is 25.0 Å². The van der Waals surface area contributed by atoms with Crippen LogP contribution in [0, 0.1) is 0 Å². The fraction of sp³-hybridized carbons (Fsp3) is 0.438. The first-order valence-electron chi connectivity index (χ1n) is 7.69. The molecule has 6 nitrogen and oxygen atoms in total. The summed E-state index contributed by atoms with van der Waals surface area (Å²) in [6.07, 6.45) is 2.36. The lowest BCUT2D eigenvalue weighted by Gasteiger charge is -2.07. The molecule has 2 aliphatic heterocycles. The van der Waals surface area contributed by atoms with Crippen molar-refractivity contribution >= 4 is 34.4 Å². The molecule has 2 heterocycles. The number of hydrogen-bond donors (Lipinski definition) is 2. The average molecular weight is 333 g/mol. The minimum atomic E-state index is -0.429. The van der Waals surface area contributed by atoms with Gasteiger partial charge in [-0.1, -0.05) is 30.0 Å². The lowest BCUT2D eigenvalue weighted by molar-refractivity contribution is -0.122. The van der Waals surface area contributed by atoms with Gasteiger partial charge in [-0.25, -0.2) is 0 Å². The van der Waals surface area contributed by atoms with Crippen LogP contribution in [-0.4, -0.2) is 41.5 Å². The molecule has 0 aliphatic carbocycles. The van der Waals surface area contributed by atoms with E-state index in [1.807, 2.05) is 30.3 Å². The zero-order chi connectivity index (χ0) is 16.1. The van der Waals surface area contributed by atoms with Crippen molar-refractivity contribution in [2.24, 2.45) is 4.99 Å². The van der Waals surface area contributed by atoms with Gasteiger partial charge in [0.2, 0.25) is 11.8 Å². The maximum Gasteiger partial charge on any atom is 0.240 e. The average Bonchev–Trinajstić information content (AvgIpc) is 3.17. The zero-order valence-electron chi connectivity index (χ0n) is 12.7. The minimum Gasteiger partial charge on any atom is -0.376 e. The predicted molar refractivity (Wildman–Crippen MR) is 90.5 cm³/mol. The van der Waals surface area contributed by atoms with Crippen LogP contribution in [0.15, 0.2) is 35.3 Å². The zero-order valence-corrected chi connectivity index (χ0v) is 13.5. The normalized spacial score (nSPS) is 25.6. The van der Waals surface area contributed by atoms with E-state index in [9.17, 15) is 9.59 Å². The van der Waals surface area contributed by atoms with E-state index < -0.39 is 5.25 Å². The van der Waals surface area contributed by atoms with Crippen molar-refractivity contribution in [1.29, 1.82) is 0 Å². The number of aliphatic imine (C=N–C) groups is 1. The van der Waals surface area contributed by atoms with Gasteiger partial charge in [-0.15, -0.1) is 0 Å². The Morgan fingerprint density at radius 2 is 2.22 bits per heavy atom. The van der Waals surface area contributed by atoms with E-state index in [0.29, 0.717) is 11.7 Å². The van der Waals surface area contributed by atoms with Crippen LogP contribution in [0.2, 0.25) is 0 Å². The number of hydrogen-bond acceptors (Lipinski definition) is 5. The van der Waals surface area contributed by atoms with Gasteiger partial charge in [0.1, 0.15) is 5.25 Å². The molecule has 2 fully saturated rings. The third-order valence-electron chi connectivity index (χ3n) is 3.67. The Bertz CT molecular complexity index is 600. The molecular formula is C16H19N3O3S. The molecule has 3 rings (SSSR count). The smallest absolute Gasteiger partial charge is 0.240 e. The summed E-state index contributed by atoms with van der Waals surface area (Å²) in [4.78, 5) is 28.4. The molecule has 1 aromatic rings. The molecule has 1 aromatic carbocycles. The summed E-state index contributed by atoms with van der Waals surface area (Å²) < 4.78 is 5.50. The maximum atomic E-state index is 12.0. The fourth-order valence-corrected chi connectivity index (χ4v) is 3.47. The van der Waals surface area contributed by atoms with Crippen LogP contribution in [-0.2, 0) is 14.3 Å². The number of amidine groups is 1. The SMILES string of the molecule is O=C(C[C@H]1SC(=NC[C@H]2CCCO2)NC1=O)Nc1ccccc1. The first-order chi connectivity index (χ1) is 11.2. The molecular weight excluding hydrogens is 314 g/mol. The molecule has 122 valence electrons. The van der Waals surface area contributed by atoms with E-state index in [-0.39, 0.29) is 24.3 Å². The van der Waals surface area contributed by atoms with Crippen LogP contribution in [0.4, 0.5) is 5.69 Å². The second-order valence-corrected chi connectivity index (χ2v) is 6.69. The van der Waals surface area contributed by atoms with E-state index in [4.69, 9.17) is 4.74 Å². The van der Waals surface area contributed by atoms with Crippen LogP contribution in [0.1, 0.15) is 19.3 Å². The Labute approximate surface area is 139 Å². The van der Waals surface area contributed by atoms with Gasteiger partial charge in [0, 0.05) is 18.7 Å². The van der Waals surface area contributed by atoms with Crippen LogP contribution in [0.5, 0.6) is 0 Å². The summed E-state index contributed by atoms with van der Waals surface area (Å²) in [7, 11) is 0. The van der Waals surface area contributed by atoms with Gasteiger partial charge < -0.3 is 15.4 Å².